The van der Waals surface area contributed by atoms with Crippen molar-refractivity contribution in [3.8, 4) is 0 Å². The van der Waals surface area contributed by atoms with Crippen molar-refractivity contribution in [2.75, 3.05) is 30.7 Å². The molecule has 10 heteroatoms. The van der Waals surface area contributed by atoms with Gasteiger partial charge in [-0.15, -0.1) is 24.8 Å². The largest absolute Gasteiger partial charge is 0.397 e. The zero-order valence-electron chi connectivity index (χ0n) is 16.0. The molecular weight excluding hydrogens is 429 g/mol. The number of nitrogen functional groups attached to an aromatic ring is 1. The third kappa shape index (κ3) is 5.28. The number of hydrogen-bond acceptors (Lipinski definition) is 6. The molecule has 0 bridgehead atoms. The van der Waals surface area contributed by atoms with E-state index in [4.69, 9.17) is 10.5 Å². The van der Waals surface area contributed by atoms with Crippen molar-refractivity contribution in [1.29, 1.82) is 0 Å². The first kappa shape index (κ1) is 23.6. The highest BCUT2D eigenvalue weighted by molar-refractivity contribution is 5.96. The van der Waals surface area contributed by atoms with Gasteiger partial charge in [0.25, 0.3) is 11.5 Å². The summed E-state index contributed by atoms with van der Waals surface area (Å²) in [6.07, 6.45) is -0.625. The molecule has 1 aromatic heterocycles. The van der Waals surface area contributed by atoms with Gasteiger partial charge in [0, 0.05) is 13.1 Å². The molecule has 1 atom stereocenters. The minimum Gasteiger partial charge on any atom is -0.397 e. The van der Waals surface area contributed by atoms with Crippen molar-refractivity contribution >= 4 is 53.0 Å². The van der Waals surface area contributed by atoms with Gasteiger partial charge < -0.3 is 20.8 Å². The highest BCUT2D eigenvalue weighted by Crippen LogP contribution is 2.18. The lowest BCUT2D eigenvalue weighted by atomic mass is 10.2. The maximum atomic E-state index is 12.6. The molecule has 0 radical (unpaired) electrons. The van der Waals surface area contributed by atoms with Crippen LogP contribution in [0.5, 0.6) is 0 Å². The molecule has 1 aliphatic heterocycles. The lowest BCUT2D eigenvalue weighted by Crippen LogP contribution is -2.47. The number of aromatic nitrogens is 2. The Bertz CT molecular complexity index is 1080. The number of ether oxygens (including phenoxy) is 1. The summed E-state index contributed by atoms with van der Waals surface area (Å²) in [6.45, 7) is 1.89. The van der Waals surface area contributed by atoms with Gasteiger partial charge in [0.2, 0.25) is 0 Å². The molecule has 4 rings (SSSR count). The number of nitrogens with zero attached hydrogens (tertiary/aromatic N) is 2. The van der Waals surface area contributed by atoms with Gasteiger partial charge in [-0.25, -0.2) is 4.98 Å². The number of H-pyrrole nitrogens is 1. The zero-order valence-corrected chi connectivity index (χ0v) is 17.7. The van der Waals surface area contributed by atoms with Crippen LogP contribution in [0, 0.1) is 0 Å². The maximum absolute atomic E-state index is 12.6. The Labute approximate surface area is 185 Å². The summed E-state index contributed by atoms with van der Waals surface area (Å²) in [4.78, 5) is 34.2. The number of nitrogens with two attached hydrogens (primary N) is 1. The third-order valence-corrected chi connectivity index (χ3v) is 4.70. The summed E-state index contributed by atoms with van der Waals surface area (Å²) in [7, 11) is 0. The number of hydrogen-bond donors (Lipinski definition) is 3. The van der Waals surface area contributed by atoms with Crippen LogP contribution in [0.25, 0.3) is 10.9 Å². The Kier molecular flexibility index (Phi) is 8.19. The molecular formula is C20H23Cl2N5O3. The SMILES string of the molecule is Cl.Cl.Nc1ccccc1NC(=O)C1CN(Cc2nc3ccccc3c(=O)[nH]2)CCO1. The summed E-state index contributed by atoms with van der Waals surface area (Å²) in [5.74, 6) is 0.319. The second-order valence-corrected chi connectivity index (χ2v) is 6.70. The second kappa shape index (κ2) is 10.4. The number of nitrogens with one attached hydrogen (secondary N) is 2. The number of carbonyl (C=O) groups excluding carboxylic acids is 1. The van der Waals surface area contributed by atoms with E-state index < -0.39 is 6.10 Å². The van der Waals surface area contributed by atoms with Gasteiger partial charge in [0.15, 0.2) is 0 Å². The van der Waals surface area contributed by atoms with Crippen LogP contribution >= 0.6 is 24.8 Å². The number of anilines is 2. The van der Waals surface area contributed by atoms with E-state index in [-0.39, 0.29) is 36.3 Å². The zero-order chi connectivity index (χ0) is 19.5. The van der Waals surface area contributed by atoms with Gasteiger partial charge >= 0.3 is 0 Å². The normalized spacial score (nSPS) is 16.3. The molecule has 160 valence electrons. The van der Waals surface area contributed by atoms with Crippen LogP contribution in [-0.2, 0) is 16.1 Å². The maximum Gasteiger partial charge on any atom is 0.258 e. The average molecular weight is 452 g/mol. The van der Waals surface area contributed by atoms with Crippen LogP contribution in [0.3, 0.4) is 0 Å². The van der Waals surface area contributed by atoms with E-state index in [0.29, 0.717) is 54.3 Å². The number of carbonyl (C=O) groups is 1. The molecule has 0 aliphatic carbocycles. The summed E-state index contributed by atoms with van der Waals surface area (Å²) in [5.41, 5.74) is 7.44. The number of benzene rings is 2. The van der Waals surface area contributed by atoms with Crippen molar-refractivity contribution in [2.45, 2.75) is 12.6 Å². The van der Waals surface area contributed by atoms with Gasteiger partial charge in [0.05, 0.1) is 35.4 Å². The smallest absolute Gasteiger partial charge is 0.258 e. The van der Waals surface area contributed by atoms with Crippen molar-refractivity contribution < 1.29 is 9.53 Å². The Morgan fingerprint density at radius 3 is 2.73 bits per heavy atom. The lowest BCUT2D eigenvalue weighted by molar-refractivity contribution is -0.133. The van der Waals surface area contributed by atoms with Crippen LogP contribution in [0.15, 0.2) is 53.3 Å². The van der Waals surface area contributed by atoms with E-state index >= 15 is 0 Å². The Balaban J connectivity index is 0.00000160. The van der Waals surface area contributed by atoms with Crippen LogP contribution in [0.4, 0.5) is 11.4 Å². The number of amides is 1. The molecule has 0 spiro atoms. The van der Waals surface area contributed by atoms with E-state index in [9.17, 15) is 9.59 Å². The van der Waals surface area contributed by atoms with E-state index in [1.54, 1.807) is 24.3 Å². The number of halogens is 2. The number of fused-ring (bicyclic) bond motifs is 1. The van der Waals surface area contributed by atoms with E-state index in [1.807, 2.05) is 29.2 Å². The standard InChI is InChI=1S/C20H21N5O3.2ClH/c21-14-6-2-4-8-16(14)23-20(27)17-11-25(9-10-28-17)12-18-22-15-7-3-1-5-13(15)19(26)24-18;;/h1-8,17H,9-12,21H2,(H,23,27)(H,22,24,26);2*1H. The highest BCUT2D eigenvalue weighted by Gasteiger charge is 2.27. The first-order valence-electron chi connectivity index (χ1n) is 9.07. The summed E-state index contributed by atoms with van der Waals surface area (Å²) in [5, 5.41) is 3.37. The van der Waals surface area contributed by atoms with Crippen LogP contribution in [-0.4, -0.2) is 46.6 Å². The van der Waals surface area contributed by atoms with Gasteiger partial charge in [-0.2, -0.15) is 0 Å². The van der Waals surface area contributed by atoms with Crippen molar-refractivity contribution in [2.24, 2.45) is 0 Å². The molecule has 2 aromatic carbocycles. The molecule has 2 heterocycles. The number of para-hydroxylation sites is 3. The number of aromatic amines is 1. The molecule has 1 aliphatic rings. The molecule has 30 heavy (non-hydrogen) atoms. The predicted molar refractivity (Wildman–Crippen MR) is 121 cm³/mol. The molecule has 0 saturated carbocycles. The summed E-state index contributed by atoms with van der Waals surface area (Å²) >= 11 is 0. The van der Waals surface area contributed by atoms with Crippen molar-refractivity contribution in [1.82, 2.24) is 14.9 Å². The molecule has 1 saturated heterocycles. The first-order valence-corrected chi connectivity index (χ1v) is 9.07. The van der Waals surface area contributed by atoms with Crippen LogP contribution < -0.4 is 16.6 Å². The fourth-order valence-corrected chi connectivity index (χ4v) is 3.25. The Morgan fingerprint density at radius 1 is 1.20 bits per heavy atom. The number of morpholine rings is 1. The van der Waals surface area contributed by atoms with Gasteiger partial charge in [-0.1, -0.05) is 24.3 Å². The Hall–Kier alpha value is -2.65. The van der Waals surface area contributed by atoms with Crippen LogP contribution in [0.2, 0.25) is 0 Å². The monoisotopic (exact) mass is 451 g/mol. The van der Waals surface area contributed by atoms with Crippen molar-refractivity contribution in [3.05, 3.63) is 64.7 Å². The molecule has 1 unspecified atom stereocenters. The first-order chi connectivity index (χ1) is 13.6. The van der Waals surface area contributed by atoms with E-state index in [2.05, 4.69) is 15.3 Å². The summed E-state index contributed by atoms with van der Waals surface area (Å²) < 4.78 is 5.63. The minimum atomic E-state index is -0.625. The van der Waals surface area contributed by atoms with E-state index in [1.165, 1.54) is 0 Å². The minimum absolute atomic E-state index is 0. The van der Waals surface area contributed by atoms with Crippen molar-refractivity contribution in [3.63, 3.8) is 0 Å². The molecule has 8 nitrogen and oxygen atoms in total. The Morgan fingerprint density at radius 2 is 1.93 bits per heavy atom. The number of rotatable bonds is 4. The quantitative estimate of drug-likeness (QED) is 0.523. The molecule has 3 aromatic rings. The molecule has 4 N–H and O–H groups in total. The predicted octanol–water partition coefficient (Wildman–Crippen LogP) is 2.19. The summed E-state index contributed by atoms with van der Waals surface area (Å²) in [6, 6.07) is 14.3. The molecule has 1 fully saturated rings. The molecule has 1 amide bonds. The van der Waals surface area contributed by atoms with Gasteiger partial charge in [-0.05, 0) is 24.3 Å². The lowest BCUT2D eigenvalue weighted by Gasteiger charge is -2.31. The third-order valence-electron chi connectivity index (χ3n) is 4.70. The fourth-order valence-electron chi connectivity index (χ4n) is 3.25. The highest BCUT2D eigenvalue weighted by atomic mass is 35.5. The topological polar surface area (TPSA) is 113 Å². The van der Waals surface area contributed by atoms with E-state index in [0.717, 1.165) is 0 Å². The fraction of sp³-hybridized carbons (Fsp3) is 0.250. The second-order valence-electron chi connectivity index (χ2n) is 6.70. The average Bonchev–Trinajstić information content (AvgIpc) is 2.70. The van der Waals surface area contributed by atoms with Crippen LogP contribution in [0.1, 0.15) is 5.82 Å². The van der Waals surface area contributed by atoms with Gasteiger partial charge in [-0.3, -0.25) is 14.5 Å². The van der Waals surface area contributed by atoms with Gasteiger partial charge in [0.1, 0.15) is 11.9 Å².